The van der Waals surface area contributed by atoms with Gasteiger partial charge in [-0.05, 0) is 37.5 Å². The molecule has 6 nitrogen and oxygen atoms in total. The van der Waals surface area contributed by atoms with Crippen molar-refractivity contribution in [2.24, 2.45) is 5.73 Å². The second-order valence-electron chi connectivity index (χ2n) is 5.49. The Balaban J connectivity index is 0.00000288. The quantitative estimate of drug-likeness (QED) is 0.711. The molecular weight excluding hydrogens is 353 g/mol. The van der Waals surface area contributed by atoms with E-state index < -0.39 is 6.10 Å². The van der Waals surface area contributed by atoms with Crippen molar-refractivity contribution >= 4 is 41.5 Å². The third-order valence-corrected chi connectivity index (χ3v) is 3.92. The maximum absolute atomic E-state index is 12.3. The number of nitrogens with one attached hydrogen (secondary N) is 2. The molecule has 24 heavy (non-hydrogen) atoms. The average Bonchev–Trinajstić information content (AvgIpc) is 3.02. The van der Waals surface area contributed by atoms with Crippen molar-refractivity contribution in [1.82, 2.24) is 5.32 Å². The van der Waals surface area contributed by atoms with Crippen molar-refractivity contribution in [1.29, 1.82) is 0 Å². The van der Waals surface area contributed by atoms with E-state index in [1.165, 1.54) is 0 Å². The van der Waals surface area contributed by atoms with Gasteiger partial charge in [0.25, 0.3) is 11.8 Å². The molecule has 2 amide bonds. The first-order chi connectivity index (χ1) is 11.0. The molecule has 4 N–H and O–H groups in total. The Bertz CT molecular complexity index is 584. The van der Waals surface area contributed by atoms with E-state index in [0.717, 1.165) is 12.8 Å². The van der Waals surface area contributed by atoms with Crippen molar-refractivity contribution in [2.45, 2.75) is 38.4 Å². The summed E-state index contributed by atoms with van der Waals surface area (Å²) in [4.78, 5) is 24.5. The van der Waals surface area contributed by atoms with Gasteiger partial charge in [0.15, 0.2) is 0 Å². The zero-order chi connectivity index (χ0) is 16.8. The summed E-state index contributed by atoms with van der Waals surface area (Å²) in [6, 6.07) is 4.78. The van der Waals surface area contributed by atoms with Crippen LogP contribution in [0, 0.1) is 0 Å². The van der Waals surface area contributed by atoms with Crippen molar-refractivity contribution < 1.29 is 14.3 Å². The van der Waals surface area contributed by atoms with Crippen LogP contribution in [0.2, 0.25) is 5.02 Å². The normalized spacial score (nSPS) is 19.5. The molecule has 0 aromatic heterocycles. The molecule has 0 radical (unpaired) electrons. The van der Waals surface area contributed by atoms with Crippen LogP contribution in [0.1, 0.15) is 36.5 Å². The highest BCUT2D eigenvalue weighted by atomic mass is 35.5. The summed E-state index contributed by atoms with van der Waals surface area (Å²) in [7, 11) is 0. The molecule has 134 valence electrons. The summed E-state index contributed by atoms with van der Waals surface area (Å²) in [5.41, 5.74) is 6.32. The topological polar surface area (TPSA) is 93.5 Å². The van der Waals surface area contributed by atoms with Gasteiger partial charge in [-0.3, -0.25) is 9.59 Å². The molecule has 1 heterocycles. The van der Waals surface area contributed by atoms with Crippen molar-refractivity contribution in [3.8, 4) is 0 Å². The molecule has 8 heteroatoms. The lowest BCUT2D eigenvalue weighted by atomic mass is 10.1. The summed E-state index contributed by atoms with van der Waals surface area (Å²) in [5.74, 6) is -0.529. The molecule has 1 aliphatic heterocycles. The van der Waals surface area contributed by atoms with Crippen LogP contribution in [0.15, 0.2) is 18.2 Å². The zero-order valence-electron chi connectivity index (χ0n) is 13.5. The molecule has 0 aliphatic carbocycles. The molecule has 2 atom stereocenters. The number of amides is 2. The number of rotatable bonds is 6. The number of nitrogens with two attached hydrogens (primary N) is 1. The number of hydrogen-bond donors (Lipinski definition) is 3. The Morgan fingerprint density at radius 3 is 2.75 bits per heavy atom. The van der Waals surface area contributed by atoms with E-state index >= 15 is 0 Å². The zero-order valence-corrected chi connectivity index (χ0v) is 15.1. The fourth-order valence-electron chi connectivity index (χ4n) is 2.44. The van der Waals surface area contributed by atoms with Crippen LogP contribution in [0.25, 0.3) is 0 Å². The van der Waals surface area contributed by atoms with Crippen LogP contribution >= 0.6 is 24.0 Å². The number of halogens is 2. The largest absolute Gasteiger partial charge is 0.364 e. The van der Waals surface area contributed by atoms with Gasteiger partial charge in [-0.1, -0.05) is 18.5 Å². The molecule has 0 unspecified atom stereocenters. The fraction of sp³-hybridized carbons (Fsp3) is 0.500. The van der Waals surface area contributed by atoms with Gasteiger partial charge in [-0.15, -0.1) is 12.4 Å². The van der Waals surface area contributed by atoms with Gasteiger partial charge >= 0.3 is 0 Å². The lowest BCUT2D eigenvalue weighted by Gasteiger charge is -2.15. The van der Waals surface area contributed by atoms with Gasteiger partial charge in [0.2, 0.25) is 0 Å². The fourth-order valence-corrected chi connectivity index (χ4v) is 2.61. The minimum atomic E-state index is -0.547. The van der Waals surface area contributed by atoms with Gasteiger partial charge in [0.05, 0.1) is 17.4 Å². The maximum Gasteiger partial charge on any atom is 0.253 e. The van der Waals surface area contributed by atoms with Crippen LogP contribution in [0.4, 0.5) is 5.69 Å². The van der Waals surface area contributed by atoms with Gasteiger partial charge in [0.1, 0.15) is 6.10 Å². The molecule has 1 aromatic carbocycles. The average molecular weight is 376 g/mol. The first-order valence-corrected chi connectivity index (χ1v) is 8.17. The van der Waals surface area contributed by atoms with E-state index in [0.29, 0.717) is 35.8 Å². The first kappa shape index (κ1) is 20.7. The summed E-state index contributed by atoms with van der Waals surface area (Å²) >= 11 is 5.98. The predicted octanol–water partition coefficient (Wildman–Crippen LogP) is 2.35. The van der Waals surface area contributed by atoms with Crippen molar-refractivity contribution in [2.75, 3.05) is 18.4 Å². The molecule has 1 saturated heterocycles. The minimum absolute atomic E-state index is 0. The Kier molecular flexibility index (Phi) is 8.48. The second-order valence-corrected chi connectivity index (χ2v) is 5.93. The summed E-state index contributed by atoms with van der Waals surface area (Å²) in [6.07, 6.45) is 1.57. The van der Waals surface area contributed by atoms with Crippen LogP contribution < -0.4 is 16.4 Å². The van der Waals surface area contributed by atoms with Crippen LogP contribution in [-0.4, -0.2) is 37.1 Å². The van der Waals surface area contributed by atoms with Crippen LogP contribution in [0.5, 0.6) is 0 Å². The van der Waals surface area contributed by atoms with Gasteiger partial charge < -0.3 is 21.1 Å². The third-order valence-electron chi connectivity index (χ3n) is 3.68. The highest BCUT2D eigenvalue weighted by Crippen LogP contribution is 2.24. The van der Waals surface area contributed by atoms with Gasteiger partial charge in [-0.25, -0.2) is 0 Å². The predicted molar refractivity (Wildman–Crippen MR) is 96.9 cm³/mol. The molecule has 1 fully saturated rings. The van der Waals surface area contributed by atoms with Gasteiger partial charge in [-0.2, -0.15) is 0 Å². The van der Waals surface area contributed by atoms with Crippen LogP contribution in [0.3, 0.4) is 0 Å². The number of carbonyl (C=O) groups excluding carboxylic acids is 2. The lowest BCUT2D eigenvalue weighted by Crippen LogP contribution is -2.31. The van der Waals surface area contributed by atoms with E-state index in [1.54, 1.807) is 18.2 Å². The standard InChI is InChI=1S/C16H22ClN3O3.ClH/c1-2-7-19-15(21)12-5-3-10(17)8-13(12)20-16(22)14-6-4-11(9-18)23-14;/h3,5,8,11,14H,2,4,6-7,9,18H2,1H3,(H,19,21)(H,20,22);1H/t11-,14+;/m1./s1. The SMILES string of the molecule is CCCNC(=O)c1ccc(Cl)cc1NC(=O)[C@@H]1CC[C@H](CN)O1.Cl. The Labute approximate surface area is 152 Å². The minimum Gasteiger partial charge on any atom is -0.364 e. The lowest BCUT2D eigenvalue weighted by molar-refractivity contribution is -0.126. The molecule has 0 spiro atoms. The maximum atomic E-state index is 12.3. The van der Waals surface area contributed by atoms with E-state index in [4.69, 9.17) is 22.1 Å². The van der Waals surface area contributed by atoms with E-state index in [1.807, 2.05) is 6.92 Å². The molecule has 1 aliphatic rings. The van der Waals surface area contributed by atoms with Gasteiger partial charge in [0, 0.05) is 18.1 Å². The number of anilines is 1. The number of benzene rings is 1. The molecular formula is C16H23Cl2N3O3. The third kappa shape index (κ3) is 5.34. The summed E-state index contributed by atoms with van der Waals surface area (Å²) in [5, 5.41) is 5.98. The van der Waals surface area contributed by atoms with Crippen LogP contribution in [-0.2, 0) is 9.53 Å². The second kappa shape index (κ2) is 9.84. The van der Waals surface area contributed by atoms with E-state index in [-0.39, 0.29) is 30.3 Å². The molecule has 1 aromatic rings. The highest BCUT2D eigenvalue weighted by molar-refractivity contribution is 6.31. The first-order valence-electron chi connectivity index (χ1n) is 7.79. The van der Waals surface area contributed by atoms with E-state index in [9.17, 15) is 9.59 Å². The summed E-state index contributed by atoms with van der Waals surface area (Å²) in [6.45, 7) is 2.93. The Morgan fingerprint density at radius 2 is 2.12 bits per heavy atom. The molecule has 2 rings (SSSR count). The Hall–Kier alpha value is -1.34. The Morgan fingerprint density at radius 1 is 1.38 bits per heavy atom. The smallest absolute Gasteiger partial charge is 0.253 e. The van der Waals surface area contributed by atoms with Crippen molar-refractivity contribution in [3.05, 3.63) is 28.8 Å². The number of ether oxygens (including phenoxy) is 1. The van der Waals surface area contributed by atoms with Crippen molar-refractivity contribution in [3.63, 3.8) is 0 Å². The summed E-state index contributed by atoms with van der Waals surface area (Å²) < 4.78 is 5.57. The molecule has 0 saturated carbocycles. The number of carbonyl (C=O) groups is 2. The number of hydrogen-bond acceptors (Lipinski definition) is 4. The molecule has 0 bridgehead atoms. The highest BCUT2D eigenvalue weighted by Gasteiger charge is 2.30. The van der Waals surface area contributed by atoms with E-state index in [2.05, 4.69) is 10.6 Å². The monoisotopic (exact) mass is 375 g/mol.